The van der Waals surface area contributed by atoms with Crippen LogP contribution in [-0.4, -0.2) is 64.8 Å². The zero-order chi connectivity index (χ0) is 28.6. The van der Waals surface area contributed by atoms with Gasteiger partial charge >= 0.3 is 11.7 Å². The number of aromatic nitrogens is 6. The van der Waals surface area contributed by atoms with Crippen molar-refractivity contribution in [2.45, 2.75) is 70.5 Å². The highest BCUT2D eigenvalue weighted by Crippen LogP contribution is 2.38. The first-order chi connectivity index (χ1) is 19.1. The number of hydrogen-bond acceptors (Lipinski definition) is 11. The third-order valence-corrected chi connectivity index (χ3v) is 7.30. The molecule has 13 nitrogen and oxygen atoms in total. The second-order valence-electron chi connectivity index (χ2n) is 10.6. The van der Waals surface area contributed by atoms with Gasteiger partial charge in [0.1, 0.15) is 5.69 Å². The van der Waals surface area contributed by atoms with E-state index in [9.17, 15) is 14.0 Å². The maximum Gasteiger partial charge on any atom is 0.368 e. The van der Waals surface area contributed by atoms with Gasteiger partial charge in [0.05, 0.1) is 11.9 Å². The van der Waals surface area contributed by atoms with Crippen LogP contribution in [0.1, 0.15) is 52.9 Å². The smallest absolute Gasteiger partial charge is 0.365 e. The zero-order valence-electron chi connectivity index (χ0n) is 22.6. The summed E-state index contributed by atoms with van der Waals surface area (Å²) in [6, 6.07) is 2.53. The third kappa shape index (κ3) is 5.46. The lowest BCUT2D eigenvalue weighted by Gasteiger charge is -2.47. The maximum atomic E-state index is 15.1. The Bertz CT molecular complexity index is 1470. The minimum atomic E-state index is -0.846. The summed E-state index contributed by atoms with van der Waals surface area (Å²) in [6.07, 6.45) is 4.94. The zero-order valence-corrected chi connectivity index (χ0v) is 22.6. The van der Waals surface area contributed by atoms with Crippen LogP contribution in [0.3, 0.4) is 0 Å². The lowest BCUT2D eigenvalue weighted by molar-refractivity contribution is -0.213. The van der Waals surface area contributed by atoms with Crippen molar-refractivity contribution in [1.82, 2.24) is 34.7 Å². The number of carbonyl (C=O) groups is 1. The molecular weight excluding hydrogens is 528 g/mol. The number of anilines is 3. The highest BCUT2D eigenvalue weighted by Gasteiger charge is 2.43. The summed E-state index contributed by atoms with van der Waals surface area (Å²) in [5.74, 6) is -2.56. The number of carbonyl (C=O) groups excluding carboxylic acids is 1. The lowest BCUT2D eigenvalue weighted by atomic mass is 9.84. The molecule has 0 saturated carbocycles. The Morgan fingerprint density at radius 2 is 2.02 bits per heavy atom. The van der Waals surface area contributed by atoms with Crippen LogP contribution < -0.4 is 21.2 Å². The van der Waals surface area contributed by atoms with Crippen LogP contribution in [0, 0.1) is 11.6 Å². The standard InChI is InChI=1S/C25H31F2N9O4/c1-5-21(37)40-39-20-10-16(26)18(11-19(20)36-24(38)34(4)32-33-36)30-23-28-13-17(27)22(31-23)29-14-9-15-7-6-8-35(15)25(2,3)12-14/h10-11,13-15H,5-9,12H2,1-4H3,(H2,28,29,30,31)/t14-,15+/m1/s1. The van der Waals surface area contributed by atoms with E-state index in [4.69, 9.17) is 4.89 Å². The maximum absolute atomic E-state index is 15.1. The van der Waals surface area contributed by atoms with Gasteiger partial charge in [-0.1, -0.05) is 6.92 Å². The topological polar surface area (TPSA) is 141 Å². The molecule has 5 rings (SSSR count). The van der Waals surface area contributed by atoms with Crippen LogP contribution in [0.5, 0.6) is 5.75 Å². The van der Waals surface area contributed by atoms with E-state index < -0.39 is 23.3 Å². The molecule has 1 aromatic carbocycles. The molecule has 0 aliphatic carbocycles. The number of nitrogens with one attached hydrogen (secondary N) is 2. The molecule has 2 aliphatic rings. The highest BCUT2D eigenvalue weighted by atomic mass is 19.1. The van der Waals surface area contributed by atoms with Gasteiger partial charge in [0.15, 0.2) is 17.5 Å². The highest BCUT2D eigenvalue weighted by molar-refractivity contribution is 5.68. The van der Waals surface area contributed by atoms with E-state index in [0.717, 1.165) is 53.9 Å². The van der Waals surface area contributed by atoms with E-state index in [1.165, 1.54) is 13.1 Å². The lowest BCUT2D eigenvalue weighted by Crippen LogP contribution is -2.55. The molecule has 2 atom stereocenters. The quantitative estimate of drug-likeness (QED) is 0.311. The number of piperidine rings is 1. The molecule has 2 fully saturated rings. The van der Waals surface area contributed by atoms with E-state index in [0.29, 0.717) is 6.04 Å². The van der Waals surface area contributed by atoms with Gasteiger partial charge in [0.25, 0.3) is 0 Å². The number of tetrazole rings is 1. The number of hydrogen-bond donors (Lipinski definition) is 2. The predicted octanol–water partition coefficient (Wildman–Crippen LogP) is 2.84. The Labute approximate surface area is 228 Å². The molecule has 3 aromatic rings. The van der Waals surface area contributed by atoms with Crippen LogP contribution in [0.4, 0.5) is 26.2 Å². The van der Waals surface area contributed by atoms with Gasteiger partial charge in [-0.3, -0.25) is 14.7 Å². The van der Waals surface area contributed by atoms with Gasteiger partial charge < -0.3 is 10.6 Å². The Hall–Kier alpha value is -4.14. The molecule has 2 aromatic heterocycles. The molecular formula is C25H31F2N9O4. The van der Waals surface area contributed by atoms with Crippen molar-refractivity contribution in [2.24, 2.45) is 7.05 Å². The van der Waals surface area contributed by atoms with E-state index >= 15 is 4.39 Å². The largest absolute Gasteiger partial charge is 0.368 e. The molecule has 0 bridgehead atoms. The van der Waals surface area contributed by atoms with Crippen molar-refractivity contribution in [3.63, 3.8) is 0 Å². The van der Waals surface area contributed by atoms with Gasteiger partial charge in [0, 0.05) is 37.2 Å². The molecule has 0 radical (unpaired) electrons. The molecule has 2 saturated heterocycles. The van der Waals surface area contributed by atoms with Crippen molar-refractivity contribution in [3.05, 3.63) is 40.4 Å². The van der Waals surface area contributed by atoms with E-state index in [1.807, 2.05) is 0 Å². The van der Waals surface area contributed by atoms with Crippen LogP contribution in [0.25, 0.3) is 5.69 Å². The van der Waals surface area contributed by atoms with Crippen LogP contribution in [0.15, 0.2) is 23.1 Å². The summed E-state index contributed by atoms with van der Waals surface area (Å²) in [5, 5.41) is 13.3. The SMILES string of the molecule is CCC(=O)OOc1cc(F)c(Nc2ncc(F)c(N[C@@H]3C[C@@H]4CCCN4C(C)(C)C3)n2)cc1-n1nnn(C)c1=O. The summed E-state index contributed by atoms with van der Waals surface area (Å²) in [4.78, 5) is 44.5. The average molecular weight is 560 g/mol. The van der Waals surface area contributed by atoms with Crippen molar-refractivity contribution in [2.75, 3.05) is 17.2 Å². The summed E-state index contributed by atoms with van der Waals surface area (Å²) in [6.45, 7) is 7.01. The second-order valence-corrected chi connectivity index (χ2v) is 10.6. The molecule has 40 heavy (non-hydrogen) atoms. The van der Waals surface area contributed by atoms with Gasteiger partial charge in [0.2, 0.25) is 11.7 Å². The van der Waals surface area contributed by atoms with Crippen LogP contribution in [-0.2, 0) is 16.7 Å². The van der Waals surface area contributed by atoms with E-state index in [-0.39, 0.29) is 46.9 Å². The van der Waals surface area contributed by atoms with Crippen molar-refractivity contribution in [3.8, 4) is 11.4 Å². The molecule has 15 heteroatoms. The minimum absolute atomic E-state index is 0.000678. The Kier molecular flexibility index (Phi) is 7.40. The second kappa shape index (κ2) is 10.8. The summed E-state index contributed by atoms with van der Waals surface area (Å²) >= 11 is 0. The van der Waals surface area contributed by atoms with Crippen molar-refractivity contribution < 1.29 is 23.4 Å². The minimum Gasteiger partial charge on any atom is -0.365 e. The molecule has 2 N–H and O–H groups in total. The van der Waals surface area contributed by atoms with E-state index in [2.05, 4.69) is 54.7 Å². The van der Waals surface area contributed by atoms with Crippen LogP contribution in [0.2, 0.25) is 0 Å². The Balaban J connectivity index is 1.41. The first kappa shape index (κ1) is 27.4. The number of benzene rings is 1. The molecule has 4 heterocycles. The average Bonchev–Trinajstić information content (AvgIpc) is 3.52. The fourth-order valence-corrected chi connectivity index (χ4v) is 5.45. The monoisotopic (exact) mass is 559 g/mol. The first-order valence-corrected chi connectivity index (χ1v) is 13.1. The fraction of sp³-hybridized carbons (Fsp3) is 0.520. The number of fused-ring (bicyclic) bond motifs is 1. The number of nitrogens with zero attached hydrogens (tertiary/aromatic N) is 7. The van der Waals surface area contributed by atoms with E-state index in [1.54, 1.807) is 6.92 Å². The molecule has 214 valence electrons. The first-order valence-electron chi connectivity index (χ1n) is 13.1. The fourth-order valence-electron chi connectivity index (χ4n) is 5.45. The van der Waals surface area contributed by atoms with Gasteiger partial charge in [-0.2, -0.15) is 14.3 Å². The Morgan fingerprint density at radius 1 is 1.23 bits per heavy atom. The summed E-state index contributed by atoms with van der Waals surface area (Å²) in [5.41, 5.74) is -0.934. The molecule has 0 spiro atoms. The van der Waals surface area contributed by atoms with Gasteiger partial charge in [-0.05, 0) is 62.6 Å². The molecule has 0 amide bonds. The molecule has 0 unspecified atom stereocenters. The third-order valence-electron chi connectivity index (χ3n) is 7.30. The van der Waals surface area contributed by atoms with Crippen LogP contribution >= 0.6 is 0 Å². The predicted molar refractivity (Wildman–Crippen MR) is 139 cm³/mol. The van der Waals surface area contributed by atoms with Gasteiger partial charge in [-0.25, -0.2) is 23.4 Å². The molecule has 2 aliphatic heterocycles. The van der Waals surface area contributed by atoms with Crippen molar-refractivity contribution >= 4 is 23.4 Å². The van der Waals surface area contributed by atoms with Crippen molar-refractivity contribution in [1.29, 1.82) is 0 Å². The summed E-state index contributed by atoms with van der Waals surface area (Å²) in [7, 11) is 1.38. The Morgan fingerprint density at radius 3 is 2.75 bits per heavy atom. The summed E-state index contributed by atoms with van der Waals surface area (Å²) < 4.78 is 31.7. The number of rotatable bonds is 8. The normalized spacial score (nSPS) is 20.1. The van der Waals surface area contributed by atoms with Gasteiger partial charge in [-0.15, -0.1) is 0 Å². The number of aryl methyl sites for hydroxylation is 1. The number of halogens is 2.